The van der Waals surface area contributed by atoms with Gasteiger partial charge in [0.2, 0.25) is 0 Å². The maximum Gasteiger partial charge on any atom is 3.00 e. The van der Waals surface area contributed by atoms with E-state index < -0.39 is 24.8 Å². The van der Waals surface area contributed by atoms with Crippen LogP contribution in [0.25, 0.3) is 0 Å². The molecule has 3 atom stereocenters. The SMILES string of the molecule is C=CCCO[PH](=O)[O-].C=CCCO[PH](=O)[O-].C=CCCO[PH](=O)[O-].[Al+3]. The van der Waals surface area contributed by atoms with Crippen molar-refractivity contribution in [2.45, 2.75) is 19.3 Å². The second kappa shape index (κ2) is 29.0. The second-order valence-corrected chi connectivity index (χ2v) is 5.89. The van der Waals surface area contributed by atoms with Crippen LogP contribution in [-0.4, -0.2) is 37.2 Å². The predicted molar refractivity (Wildman–Crippen MR) is 95.1 cm³/mol. The maximum absolute atomic E-state index is 9.69. The summed E-state index contributed by atoms with van der Waals surface area (Å²) in [5.74, 6) is 0. The van der Waals surface area contributed by atoms with Crippen molar-refractivity contribution in [2.75, 3.05) is 19.8 Å². The van der Waals surface area contributed by atoms with Crippen LogP contribution in [0, 0.1) is 0 Å². The van der Waals surface area contributed by atoms with E-state index in [4.69, 9.17) is 0 Å². The van der Waals surface area contributed by atoms with E-state index in [1.807, 2.05) is 0 Å². The van der Waals surface area contributed by atoms with Crippen LogP contribution in [0.15, 0.2) is 38.0 Å². The average Bonchev–Trinajstić information content (AvgIpc) is 2.48. The molecule has 0 fully saturated rings. The van der Waals surface area contributed by atoms with E-state index in [1.165, 1.54) is 0 Å². The van der Waals surface area contributed by atoms with Crippen molar-refractivity contribution in [2.24, 2.45) is 0 Å². The summed E-state index contributed by atoms with van der Waals surface area (Å²) in [7, 11) is -8.86. The molecule has 0 saturated carbocycles. The first-order chi connectivity index (χ1) is 11.3. The molecule has 0 amide bonds. The summed E-state index contributed by atoms with van der Waals surface area (Å²) in [5.41, 5.74) is 0. The topological polar surface area (TPSA) is 148 Å². The van der Waals surface area contributed by atoms with Gasteiger partial charge in [0.25, 0.3) is 0 Å². The molecule has 0 bridgehead atoms. The molecule has 0 saturated heterocycles. The quantitative estimate of drug-likeness (QED) is 0.187. The molecule has 0 rings (SSSR count). The fourth-order valence-corrected chi connectivity index (χ4v) is 1.53. The Bertz CT molecular complexity index is 337. The normalized spacial score (nSPS) is 12.6. The minimum absolute atomic E-state index is 0. The Labute approximate surface area is 161 Å². The van der Waals surface area contributed by atoms with E-state index in [0.29, 0.717) is 19.3 Å². The predicted octanol–water partition coefficient (Wildman–Crippen LogP) is 0.606. The van der Waals surface area contributed by atoms with Crippen LogP contribution in [0.2, 0.25) is 0 Å². The van der Waals surface area contributed by atoms with Crippen LogP contribution in [0.4, 0.5) is 0 Å². The van der Waals surface area contributed by atoms with Crippen molar-refractivity contribution in [3.63, 3.8) is 0 Å². The Kier molecular flexibility index (Phi) is 38.1. The first-order valence-corrected chi connectivity index (χ1v) is 10.3. The van der Waals surface area contributed by atoms with E-state index in [-0.39, 0.29) is 37.2 Å². The van der Waals surface area contributed by atoms with Crippen LogP contribution in [-0.2, 0) is 27.3 Å². The van der Waals surface area contributed by atoms with E-state index in [0.717, 1.165) is 0 Å². The Morgan fingerprint density at radius 1 is 0.640 bits per heavy atom. The third kappa shape index (κ3) is 51.6. The first-order valence-electron chi connectivity index (χ1n) is 6.65. The number of hydrogen-bond acceptors (Lipinski definition) is 9. The molecule has 0 aromatic rings. The van der Waals surface area contributed by atoms with Gasteiger partial charge in [-0.05, 0) is 19.3 Å². The molecule has 3 unspecified atom stereocenters. The summed E-state index contributed by atoms with van der Waals surface area (Å²) >= 11 is 0. The molecule has 0 aliphatic rings. The first kappa shape index (κ1) is 32.8. The molecular weight excluding hydrogens is 408 g/mol. The van der Waals surface area contributed by atoms with Crippen LogP contribution >= 0.6 is 24.8 Å². The zero-order chi connectivity index (χ0) is 19.2. The largest absolute Gasteiger partial charge is 3.00 e. The molecule has 144 valence electrons. The van der Waals surface area contributed by atoms with Gasteiger partial charge in [-0.25, -0.2) is 0 Å². The molecule has 0 aliphatic carbocycles. The summed E-state index contributed by atoms with van der Waals surface area (Å²) in [4.78, 5) is 29.1. The van der Waals surface area contributed by atoms with E-state index >= 15 is 0 Å². The molecule has 25 heavy (non-hydrogen) atoms. The summed E-state index contributed by atoms with van der Waals surface area (Å²) in [6.45, 7) is 10.8. The van der Waals surface area contributed by atoms with Gasteiger partial charge in [-0.3, -0.25) is 0 Å². The zero-order valence-corrected chi connectivity index (χ0v) is 18.0. The molecule has 0 aliphatic heterocycles. The van der Waals surface area contributed by atoms with E-state index in [2.05, 4.69) is 33.3 Å². The Balaban J connectivity index is -0.000000130. The molecule has 0 N–H and O–H groups in total. The monoisotopic (exact) mass is 432 g/mol. The summed E-state index contributed by atoms with van der Waals surface area (Å²) in [5, 5.41) is 0. The zero-order valence-electron chi connectivity index (χ0n) is 13.8. The van der Waals surface area contributed by atoms with Gasteiger partial charge in [-0.2, -0.15) is 0 Å². The number of hydrogen-bond donors (Lipinski definition) is 0. The molecule has 0 aromatic heterocycles. The smallest absolute Gasteiger partial charge is 0.781 e. The Morgan fingerprint density at radius 2 is 0.840 bits per heavy atom. The third-order valence-corrected chi connectivity index (χ3v) is 2.95. The molecule has 0 radical (unpaired) electrons. The summed E-state index contributed by atoms with van der Waals surface area (Å²) < 4.78 is 41.7. The second-order valence-electron chi connectivity index (χ2n) is 3.53. The van der Waals surface area contributed by atoms with E-state index in [9.17, 15) is 28.4 Å². The molecular formula is C12H24AlO9P3. The van der Waals surface area contributed by atoms with Gasteiger partial charge in [0.05, 0.1) is 19.8 Å². The minimum atomic E-state index is -2.95. The third-order valence-electron chi connectivity index (χ3n) is 1.63. The summed E-state index contributed by atoms with van der Waals surface area (Å²) in [6.07, 6.45) is 6.55. The average molecular weight is 432 g/mol. The van der Waals surface area contributed by atoms with Crippen molar-refractivity contribution in [1.82, 2.24) is 0 Å². The molecule has 0 spiro atoms. The van der Waals surface area contributed by atoms with Crippen molar-refractivity contribution < 1.29 is 41.9 Å². The fourth-order valence-electron chi connectivity index (χ4n) is 0.677. The minimum Gasteiger partial charge on any atom is -0.781 e. The Hall–Kier alpha value is 0.202. The van der Waals surface area contributed by atoms with Crippen LogP contribution in [0.5, 0.6) is 0 Å². The van der Waals surface area contributed by atoms with Crippen molar-refractivity contribution in [3.05, 3.63) is 38.0 Å². The maximum atomic E-state index is 9.69. The van der Waals surface area contributed by atoms with Gasteiger partial charge >= 0.3 is 17.4 Å². The standard InChI is InChI=1S/3C4H9O3P.Al/c3*1-2-3-4-7-8(5)6;/h3*2,8H,1,3-4H2,(H,5,6);/q;;;+3/p-3. The van der Waals surface area contributed by atoms with Gasteiger partial charge in [0, 0.05) is 0 Å². The van der Waals surface area contributed by atoms with E-state index in [1.54, 1.807) is 18.2 Å². The van der Waals surface area contributed by atoms with Crippen LogP contribution < -0.4 is 14.7 Å². The van der Waals surface area contributed by atoms with Crippen molar-refractivity contribution in [3.8, 4) is 0 Å². The Morgan fingerprint density at radius 3 is 0.960 bits per heavy atom. The van der Waals surface area contributed by atoms with Crippen molar-refractivity contribution in [1.29, 1.82) is 0 Å². The fraction of sp³-hybridized carbons (Fsp3) is 0.500. The van der Waals surface area contributed by atoms with Crippen molar-refractivity contribution >= 4 is 42.1 Å². The van der Waals surface area contributed by atoms with Gasteiger partial charge in [-0.15, -0.1) is 19.7 Å². The van der Waals surface area contributed by atoms with Crippen LogP contribution in [0.1, 0.15) is 19.3 Å². The van der Waals surface area contributed by atoms with Gasteiger partial charge in [-0.1, -0.05) is 18.2 Å². The number of rotatable bonds is 12. The summed E-state index contributed by atoms with van der Waals surface area (Å²) in [6, 6.07) is 0. The van der Waals surface area contributed by atoms with Gasteiger partial charge in [0.1, 0.15) is 24.8 Å². The molecule has 0 aromatic carbocycles. The molecule has 9 nitrogen and oxygen atoms in total. The van der Waals surface area contributed by atoms with Gasteiger partial charge < -0.3 is 41.9 Å². The van der Waals surface area contributed by atoms with Gasteiger partial charge in [0.15, 0.2) is 0 Å². The molecule has 13 heteroatoms. The van der Waals surface area contributed by atoms with Crippen LogP contribution in [0.3, 0.4) is 0 Å². The molecule has 0 heterocycles.